The highest BCUT2D eigenvalue weighted by Crippen LogP contribution is 2.19. The van der Waals surface area contributed by atoms with Gasteiger partial charge in [-0.1, -0.05) is 324 Å². The van der Waals surface area contributed by atoms with E-state index in [4.69, 9.17) is 14.2 Å². The van der Waals surface area contributed by atoms with E-state index < -0.39 is 6.10 Å². The first kappa shape index (κ1) is 69.4. The molecule has 0 heterocycles. The van der Waals surface area contributed by atoms with Crippen LogP contribution in [0.2, 0.25) is 0 Å². The number of rotatable bonds is 58. The SMILES string of the molecule is CCC(C)CCCCCCCCCCCCCCCCC(=O)OC[C@@H](COC(=O)CCCCCCCCCCCCCCCC(C)C)OC(=O)CCCCCCCCCCCCCCCCCCC(C)C. The summed E-state index contributed by atoms with van der Waals surface area (Å²) in [6.45, 7) is 13.8. The molecule has 0 rings (SSSR count). The minimum absolute atomic E-state index is 0.0625. The molecular weight excluding hydrogens is 877 g/mol. The molecule has 0 saturated heterocycles. The lowest BCUT2D eigenvalue weighted by molar-refractivity contribution is -0.167. The molecule has 0 fully saturated rings. The van der Waals surface area contributed by atoms with E-state index in [-0.39, 0.29) is 31.1 Å². The highest BCUT2D eigenvalue weighted by molar-refractivity contribution is 5.71. The van der Waals surface area contributed by atoms with Gasteiger partial charge in [0.25, 0.3) is 0 Å². The van der Waals surface area contributed by atoms with Crippen LogP contribution in [-0.4, -0.2) is 37.2 Å². The largest absolute Gasteiger partial charge is 0.462 e. The van der Waals surface area contributed by atoms with E-state index in [0.29, 0.717) is 19.3 Å². The quantitative estimate of drug-likeness (QED) is 0.0343. The summed E-state index contributed by atoms with van der Waals surface area (Å²) in [5, 5.41) is 0. The van der Waals surface area contributed by atoms with Gasteiger partial charge in [-0.15, -0.1) is 0 Å². The fourth-order valence-corrected chi connectivity index (χ4v) is 10.0. The van der Waals surface area contributed by atoms with Crippen molar-refractivity contribution in [1.82, 2.24) is 0 Å². The Balaban J connectivity index is 4.30. The molecule has 0 aromatic rings. The fraction of sp³-hybridized carbons (Fsp3) is 0.954. The lowest BCUT2D eigenvalue weighted by Gasteiger charge is -2.18. The molecule has 422 valence electrons. The molecule has 0 aromatic carbocycles. The maximum Gasteiger partial charge on any atom is 0.306 e. The third kappa shape index (κ3) is 57.5. The molecule has 0 aliphatic rings. The summed E-state index contributed by atoms with van der Waals surface area (Å²) in [5.74, 6) is 1.75. The predicted molar refractivity (Wildman–Crippen MR) is 307 cm³/mol. The second-order valence-electron chi connectivity index (χ2n) is 23.6. The third-order valence-electron chi connectivity index (χ3n) is 15.3. The van der Waals surface area contributed by atoms with Crippen LogP contribution in [0.25, 0.3) is 0 Å². The number of hydrogen-bond donors (Lipinski definition) is 0. The minimum atomic E-state index is -0.765. The van der Waals surface area contributed by atoms with Gasteiger partial charge in [0.15, 0.2) is 6.10 Å². The van der Waals surface area contributed by atoms with Crippen LogP contribution in [-0.2, 0) is 28.6 Å². The van der Waals surface area contributed by atoms with E-state index in [1.165, 1.54) is 244 Å². The van der Waals surface area contributed by atoms with Gasteiger partial charge in [0.1, 0.15) is 13.2 Å². The van der Waals surface area contributed by atoms with Gasteiger partial charge in [-0.2, -0.15) is 0 Å². The zero-order chi connectivity index (χ0) is 51.9. The zero-order valence-corrected chi connectivity index (χ0v) is 49.0. The summed E-state index contributed by atoms with van der Waals surface area (Å²) in [6.07, 6.45) is 60.9. The molecule has 0 spiro atoms. The van der Waals surface area contributed by atoms with Crippen molar-refractivity contribution < 1.29 is 28.6 Å². The van der Waals surface area contributed by atoms with Gasteiger partial charge in [0.2, 0.25) is 0 Å². The summed E-state index contributed by atoms with van der Waals surface area (Å²) >= 11 is 0. The number of carbonyl (C=O) groups is 3. The fourth-order valence-electron chi connectivity index (χ4n) is 10.0. The van der Waals surface area contributed by atoms with Crippen molar-refractivity contribution in [2.24, 2.45) is 17.8 Å². The smallest absolute Gasteiger partial charge is 0.306 e. The molecule has 0 amide bonds. The number of carbonyl (C=O) groups excluding carboxylic acids is 3. The van der Waals surface area contributed by atoms with Crippen LogP contribution >= 0.6 is 0 Å². The molecule has 0 aliphatic heterocycles. The highest BCUT2D eigenvalue weighted by Gasteiger charge is 2.19. The number of hydrogen-bond acceptors (Lipinski definition) is 6. The number of ether oxygens (including phenoxy) is 3. The van der Waals surface area contributed by atoms with Crippen molar-refractivity contribution in [3.8, 4) is 0 Å². The van der Waals surface area contributed by atoms with Gasteiger partial charge in [-0.05, 0) is 37.0 Å². The molecule has 6 heteroatoms. The van der Waals surface area contributed by atoms with E-state index in [1.807, 2.05) is 0 Å². The normalized spacial score (nSPS) is 12.5. The maximum atomic E-state index is 12.9. The third-order valence-corrected chi connectivity index (χ3v) is 15.3. The van der Waals surface area contributed by atoms with Crippen molar-refractivity contribution in [3.63, 3.8) is 0 Å². The van der Waals surface area contributed by atoms with Gasteiger partial charge in [-0.3, -0.25) is 14.4 Å². The van der Waals surface area contributed by atoms with Crippen LogP contribution in [0.1, 0.15) is 363 Å². The Kier molecular flexibility index (Phi) is 54.9. The van der Waals surface area contributed by atoms with Crippen molar-refractivity contribution in [3.05, 3.63) is 0 Å². The Bertz CT molecular complexity index is 1100. The Morgan fingerprint density at radius 2 is 0.493 bits per heavy atom. The second-order valence-corrected chi connectivity index (χ2v) is 23.6. The molecule has 71 heavy (non-hydrogen) atoms. The van der Waals surface area contributed by atoms with Gasteiger partial charge in [0.05, 0.1) is 0 Å². The Morgan fingerprint density at radius 3 is 0.732 bits per heavy atom. The molecule has 0 N–H and O–H groups in total. The van der Waals surface area contributed by atoms with E-state index in [2.05, 4.69) is 41.5 Å². The summed E-state index contributed by atoms with van der Waals surface area (Å²) in [5.41, 5.74) is 0. The standard InChI is InChI=1S/C65H126O6/c1-7-61(6)53-47-41-35-29-23-17-12-13-18-24-30-36-42-48-54-63(66)69-57-62(58-70-64(67)55-49-43-37-31-25-20-14-16-22-28-34-40-46-52-60(4)5)71-65(68)56-50-44-38-32-26-19-11-9-8-10-15-21-27-33-39-45-51-59(2)3/h59-62H,7-58H2,1-6H3/t61?,62-/m0/s1. The second kappa shape index (κ2) is 56.1. The lowest BCUT2D eigenvalue weighted by Crippen LogP contribution is -2.30. The molecule has 2 atom stereocenters. The van der Waals surface area contributed by atoms with Crippen molar-refractivity contribution in [2.45, 2.75) is 369 Å². The van der Waals surface area contributed by atoms with E-state index in [9.17, 15) is 14.4 Å². The Morgan fingerprint density at radius 1 is 0.282 bits per heavy atom. The average molecular weight is 1000 g/mol. The first-order valence-electron chi connectivity index (χ1n) is 32.1. The van der Waals surface area contributed by atoms with Crippen LogP contribution in [0.15, 0.2) is 0 Å². The average Bonchev–Trinajstić information content (AvgIpc) is 3.35. The van der Waals surface area contributed by atoms with Gasteiger partial charge >= 0.3 is 17.9 Å². The first-order chi connectivity index (χ1) is 34.6. The van der Waals surface area contributed by atoms with Crippen LogP contribution in [0.5, 0.6) is 0 Å². The summed E-state index contributed by atoms with van der Waals surface area (Å²) in [7, 11) is 0. The Hall–Kier alpha value is -1.59. The topological polar surface area (TPSA) is 78.9 Å². The van der Waals surface area contributed by atoms with Crippen molar-refractivity contribution in [2.75, 3.05) is 13.2 Å². The van der Waals surface area contributed by atoms with Crippen LogP contribution in [0, 0.1) is 17.8 Å². The highest BCUT2D eigenvalue weighted by atomic mass is 16.6. The summed E-state index contributed by atoms with van der Waals surface area (Å²) in [4.78, 5) is 38.3. The van der Waals surface area contributed by atoms with Crippen LogP contribution < -0.4 is 0 Å². The number of esters is 3. The lowest BCUT2D eigenvalue weighted by atomic mass is 9.99. The summed E-state index contributed by atoms with van der Waals surface area (Å²) < 4.78 is 17.0. The van der Waals surface area contributed by atoms with Crippen LogP contribution in [0.3, 0.4) is 0 Å². The van der Waals surface area contributed by atoms with Gasteiger partial charge in [0, 0.05) is 19.3 Å². The maximum absolute atomic E-state index is 12.9. The predicted octanol–water partition coefficient (Wildman–Crippen LogP) is 21.5. The monoisotopic (exact) mass is 1000 g/mol. The zero-order valence-electron chi connectivity index (χ0n) is 49.0. The van der Waals surface area contributed by atoms with Crippen LogP contribution in [0.4, 0.5) is 0 Å². The van der Waals surface area contributed by atoms with E-state index >= 15 is 0 Å². The molecule has 1 unspecified atom stereocenters. The van der Waals surface area contributed by atoms with Crippen molar-refractivity contribution >= 4 is 17.9 Å². The molecule has 0 aliphatic carbocycles. The number of unbranched alkanes of at least 4 members (excludes halogenated alkanes) is 40. The molecular formula is C65H126O6. The van der Waals surface area contributed by atoms with E-state index in [0.717, 1.165) is 75.5 Å². The molecule has 0 radical (unpaired) electrons. The molecule has 0 bridgehead atoms. The van der Waals surface area contributed by atoms with Gasteiger partial charge < -0.3 is 14.2 Å². The van der Waals surface area contributed by atoms with Crippen molar-refractivity contribution in [1.29, 1.82) is 0 Å². The Labute approximate surface area is 444 Å². The first-order valence-corrected chi connectivity index (χ1v) is 32.1. The summed E-state index contributed by atoms with van der Waals surface area (Å²) in [6, 6.07) is 0. The molecule has 0 aromatic heterocycles. The van der Waals surface area contributed by atoms with E-state index in [1.54, 1.807) is 0 Å². The minimum Gasteiger partial charge on any atom is -0.462 e. The molecule has 0 saturated carbocycles. The van der Waals surface area contributed by atoms with Gasteiger partial charge in [-0.25, -0.2) is 0 Å². The molecule has 6 nitrogen and oxygen atoms in total.